The Morgan fingerprint density at radius 3 is 3.00 bits per heavy atom. The van der Waals surface area contributed by atoms with Crippen molar-refractivity contribution in [2.75, 3.05) is 31.3 Å². The van der Waals surface area contributed by atoms with E-state index in [0.717, 1.165) is 5.75 Å². The summed E-state index contributed by atoms with van der Waals surface area (Å²) in [6.07, 6.45) is 3.44. The fraction of sp³-hybridized carbons (Fsp3) is 0.500. The normalized spacial score (nSPS) is 10.1. The van der Waals surface area contributed by atoms with Gasteiger partial charge in [0.15, 0.2) is 0 Å². The number of aromatic nitrogens is 2. The molecule has 0 radical (unpaired) electrons. The van der Waals surface area contributed by atoms with Crippen LogP contribution in [0.2, 0.25) is 0 Å². The summed E-state index contributed by atoms with van der Waals surface area (Å²) >= 11 is 1.70. The fourth-order valence-electron chi connectivity index (χ4n) is 0.987. The van der Waals surface area contributed by atoms with Crippen LogP contribution < -0.4 is 5.73 Å². The van der Waals surface area contributed by atoms with Gasteiger partial charge in [0, 0.05) is 19.3 Å². The molecule has 1 heterocycles. The van der Waals surface area contributed by atoms with Crippen molar-refractivity contribution >= 4 is 23.4 Å². The van der Waals surface area contributed by atoms with Gasteiger partial charge in [-0.25, -0.2) is 0 Å². The number of carbonyl (C=O) groups is 1. The van der Waals surface area contributed by atoms with Crippen molar-refractivity contribution in [3.05, 3.63) is 11.9 Å². The third-order valence-electron chi connectivity index (χ3n) is 1.86. The van der Waals surface area contributed by atoms with E-state index < -0.39 is 0 Å². The van der Waals surface area contributed by atoms with Gasteiger partial charge in [0.1, 0.15) is 5.69 Å². The largest absolute Gasteiger partial charge is 0.396 e. The molecule has 0 spiro atoms. The van der Waals surface area contributed by atoms with Crippen molar-refractivity contribution in [1.29, 1.82) is 0 Å². The smallest absolute Gasteiger partial charge is 0.273 e. The first-order chi connectivity index (χ1) is 6.66. The number of nitrogens with one attached hydrogen (secondary N) is 1. The van der Waals surface area contributed by atoms with Crippen LogP contribution in [-0.4, -0.2) is 46.6 Å². The first kappa shape index (κ1) is 10.9. The predicted octanol–water partition coefficient (Wildman–Crippen LogP) is 0.427. The second-order valence-electron chi connectivity index (χ2n) is 2.92. The van der Waals surface area contributed by atoms with Crippen LogP contribution in [-0.2, 0) is 0 Å². The molecule has 14 heavy (non-hydrogen) atoms. The summed E-state index contributed by atoms with van der Waals surface area (Å²) in [5, 5.41) is 6.29. The molecule has 0 aliphatic heterocycles. The molecule has 6 heteroatoms. The highest BCUT2D eigenvalue weighted by Gasteiger charge is 2.15. The Bertz CT molecular complexity index is 312. The van der Waals surface area contributed by atoms with Gasteiger partial charge < -0.3 is 10.6 Å². The molecule has 1 rings (SSSR count). The van der Waals surface area contributed by atoms with Gasteiger partial charge >= 0.3 is 0 Å². The highest BCUT2D eigenvalue weighted by atomic mass is 32.2. The molecule has 0 aromatic carbocycles. The Labute approximate surface area is 87.0 Å². The Morgan fingerprint density at radius 1 is 1.79 bits per heavy atom. The summed E-state index contributed by atoms with van der Waals surface area (Å²) in [5.74, 6) is 0.796. The number of nitrogen functional groups attached to an aromatic ring is 1. The average Bonchev–Trinajstić information content (AvgIpc) is 2.59. The van der Waals surface area contributed by atoms with Gasteiger partial charge in [-0.2, -0.15) is 16.9 Å². The molecule has 1 aromatic heterocycles. The summed E-state index contributed by atoms with van der Waals surface area (Å²) in [5.41, 5.74) is 6.32. The number of amides is 1. The van der Waals surface area contributed by atoms with Crippen LogP contribution in [0.4, 0.5) is 5.69 Å². The fourth-order valence-corrected chi connectivity index (χ4v) is 1.44. The first-order valence-corrected chi connectivity index (χ1v) is 5.59. The van der Waals surface area contributed by atoms with Gasteiger partial charge in [0.2, 0.25) is 0 Å². The number of H-pyrrole nitrogens is 1. The average molecular weight is 214 g/mol. The third kappa shape index (κ3) is 2.41. The zero-order valence-corrected chi connectivity index (χ0v) is 9.10. The van der Waals surface area contributed by atoms with E-state index in [4.69, 9.17) is 5.73 Å². The maximum Gasteiger partial charge on any atom is 0.273 e. The molecule has 0 unspecified atom stereocenters. The van der Waals surface area contributed by atoms with Crippen LogP contribution in [0.25, 0.3) is 0 Å². The van der Waals surface area contributed by atoms with Gasteiger partial charge in [-0.1, -0.05) is 0 Å². The molecular weight excluding hydrogens is 200 g/mol. The minimum atomic E-state index is -0.117. The van der Waals surface area contributed by atoms with Crippen LogP contribution in [0.15, 0.2) is 6.20 Å². The molecule has 1 aromatic rings. The number of thioether (sulfide) groups is 1. The number of rotatable bonds is 4. The number of hydrogen-bond donors (Lipinski definition) is 2. The molecule has 0 aliphatic rings. The second-order valence-corrected chi connectivity index (χ2v) is 3.91. The Hall–Kier alpha value is -1.17. The summed E-state index contributed by atoms with van der Waals surface area (Å²) in [6.45, 7) is 0.707. The number of anilines is 1. The van der Waals surface area contributed by atoms with E-state index in [1.165, 1.54) is 6.20 Å². The molecular formula is C8H14N4OS. The van der Waals surface area contributed by atoms with Gasteiger partial charge in [0.05, 0.1) is 11.9 Å². The Morgan fingerprint density at radius 2 is 2.50 bits per heavy atom. The number of hydrogen-bond acceptors (Lipinski definition) is 4. The van der Waals surface area contributed by atoms with Crippen LogP contribution in [0.1, 0.15) is 10.5 Å². The monoisotopic (exact) mass is 214 g/mol. The van der Waals surface area contributed by atoms with Gasteiger partial charge in [0.25, 0.3) is 5.91 Å². The standard InChI is InChI=1S/C8H14N4OS/c1-12(3-4-14-2)8(13)7-6(9)5-10-11-7/h5H,3-4,9H2,1-2H3,(H,10,11). The van der Waals surface area contributed by atoms with Crippen molar-refractivity contribution < 1.29 is 4.79 Å². The minimum Gasteiger partial charge on any atom is -0.396 e. The molecule has 78 valence electrons. The minimum absolute atomic E-state index is 0.117. The molecule has 3 N–H and O–H groups in total. The van der Waals surface area contributed by atoms with E-state index in [9.17, 15) is 4.79 Å². The number of nitrogens with zero attached hydrogens (tertiary/aromatic N) is 2. The molecule has 0 fully saturated rings. The van der Waals surface area contributed by atoms with Crippen LogP contribution in [0.3, 0.4) is 0 Å². The first-order valence-electron chi connectivity index (χ1n) is 4.20. The summed E-state index contributed by atoms with van der Waals surface area (Å²) in [6, 6.07) is 0. The predicted molar refractivity (Wildman–Crippen MR) is 58.3 cm³/mol. The van der Waals surface area contributed by atoms with Crippen LogP contribution in [0, 0.1) is 0 Å². The zero-order valence-electron chi connectivity index (χ0n) is 8.28. The van der Waals surface area contributed by atoms with E-state index in [-0.39, 0.29) is 5.91 Å². The van der Waals surface area contributed by atoms with Crippen LogP contribution >= 0.6 is 11.8 Å². The van der Waals surface area contributed by atoms with E-state index >= 15 is 0 Å². The molecule has 0 atom stereocenters. The number of aromatic amines is 1. The maximum atomic E-state index is 11.7. The zero-order chi connectivity index (χ0) is 10.6. The van der Waals surface area contributed by atoms with Gasteiger partial charge in [-0.3, -0.25) is 9.89 Å². The highest BCUT2D eigenvalue weighted by Crippen LogP contribution is 2.08. The highest BCUT2D eigenvalue weighted by molar-refractivity contribution is 7.98. The van der Waals surface area contributed by atoms with Gasteiger partial charge in [-0.15, -0.1) is 0 Å². The molecule has 5 nitrogen and oxygen atoms in total. The molecule has 0 bridgehead atoms. The van der Waals surface area contributed by atoms with Crippen LogP contribution in [0.5, 0.6) is 0 Å². The van der Waals surface area contributed by atoms with E-state index in [2.05, 4.69) is 10.2 Å². The molecule has 0 saturated heterocycles. The number of nitrogens with two attached hydrogens (primary N) is 1. The van der Waals surface area contributed by atoms with Crippen molar-refractivity contribution in [2.45, 2.75) is 0 Å². The Kier molecular flexibility index (Phi) is 3.82. The van der Waals surface area contributed by atoms with Gasteiger partial charge in [-0.05, 0) is 6.26 Å². The van der Waals surface area contributed by atoms with E-state index in [0.29, 0.717) is 17.9 Å². The molecule has 1 amide bonds. The molecule has 0 aliphatic carbocycles. The summed E-state index contributed by atoms with van der Waals surface area (Å²) in [4.78, 5) is 13.3. The topological polar surface area (TPSA) is 75.0 Å². The lowest BCUT2D eigenvalue weighted by Crippen LogP contribution is -2.29. The Balaban J connectivity index is 2.61. The molecule has 0 saturated carbocycles. The van der Waals surface area contributed by atoms with E-state index in [1.807, 2.05) is 6.26 Å². The van der Waals surface area contributed by atoms with Crippen molar-refractivity contribution in [2.24, 2.45) is 0 Å². The third-order valence-corrected chi connectivity index (χ3v) is 2.45. The lowest BCUT2D eigenvalue weighted by Gasteiger charge is -2.15. The SMILES string of the molecule is CSCCN(C)C(=O)c1[nH]ncc1N. The number of carbonyl (C=O) groups excluding carboxylic acids is 1. The van der Waals surface area contributed by atoms with Crippen molar-refractivity contribution in [3.8, 4) is 0 Å². The van der Waals surface area contributed by atoms with Crippen molar-refractivity contribution in [3.63, 3.8) is 0 Å². The summed E-state index contributed by atoms with van der Waals surface area (Å²) in [7, 11) is 1.75. The quantitative estimate of drug-likeness (QED) is 0.762. The second kappa shape index (κ2) is 4.90. The lowest BCUT2D eigenvalue weighted by molar-refractivity contribution is 0.0799. The van der Waals surface area contributed by atoms with Crippen molar-refractivity contribution in [1.82, 2.24) is 15.1 Å². The summed E-state index contributed by atoms with van der Waals surface area (Å²) < 4.78 is 0. The van der Waals surface area contributed by atoms with E-state index in [1.54, 1.807) is 23.7 Å². The maximum absolute atomic E-state index is 11.7. The lowest BCUT2D eigenvalue weighted by atomic mass is 10.3.